The zero-order valence-corrected chi connectivity index (χ0v) is 18.5. The first-order valence-corrected chi connectivity index (χ1v) is 11.6. The van der Waals surface area contributed by atoms with Crippen molar-refractivity contribution in [2.45, 2.75) is 89.9 Å². The average molecular weight is 419 g/mol. The Labute approximate surface area is 178 Å². The number of carbonyl (C=O) groups excluding carboxylic acids is 3. The predicted molar refractivity (Wildman–Crippen MR) is 107 cm³/mol. The second-order valence-corrected chi connectivity index (χ2v) is 11.3. The minimum atomic E-state index is -1.51. The number of Topliss-reactive ketones (excluding diaryl/α,β-unsaturated/α-hetero) is 2. The average Bonchev–Trinajstić information content (AvgIpc) is 3.36. The Morgan fingerprint density at radius 2 is 1.93 bits per heavy atom. The fraction of sp³-hybridized carbons (Fsp3) is 0.875. The zero-order valence-electron chi connectivity index (χ0n) is 18.5. The van der Waals surface area contributed by atoms with Crippen LogP contribution in [-0.4, -0.2) is 46.6 Å². The number of epoxide rings is 1. The SMILES string of the molecule is CC(=O)OCC(=O)[C@@]1(O)[C@H](C)C[C@H]2[C@H]3CC[C@H]4CC(=O)CC[C@]4(C)[C@@]34O[C@H]4C[C@@]21C. The Hall–Kier alpha value is -1.27. The Kier molecular flexibility index (Phi) is 4.23. The molecule has 5 fully saturated rings. The Morgan fingerprint density at radius 3 is 2.63 bits per heavy atom. The van der Waals surface area contributed by atoms with E-state index in [1.807, 2.05) is 6.92 Å². The molecule has 0 unspecified atom stereocenters. The van der Waals surface area contributed by atoms with Gasteiger partial charge in [0, 0.05) is 30.6 Å². The lowest BCUT2D eigenvalue weighted by Crippen LogP contribution is -2.64. The Bertz CT molecular complexity index is 823. The van der Waals surface area contributed by atoms with Gasteiger partial charge in [-0.25, -0.2) is 0 Å². The molecule has 1 heterocycles. The van der Waals surface area contributed by atoms with Gasteiger partial charge in [0.05, 0.1) is 6.10 Å². The van der Waals surface area contributed by atoms with E-state index < -0.39 is 17.0 Å². The zero-order chi connectivity index (χ0) is 21.7. The van der Waals surface area contributed by atoms with Crippen LogP contribution in [0.2, 0.25) is 0 Å². The van der Waals surface area contributed by atoms with Crippen molar-refractivity contribution in [2.75, 3.05) is 6.61 Å². The summed E-state index contributed by atoms with van der Waals surface area (Å²) in [5.74, 6) is 0.167. The van der Waals surface area contributed by atoms with E-state index in [0.717, 1.165) is 25.7 Å². The van der Waals surface area contributed by atoms with Gasteiger partial charge in [-0.05, 0) is 55.8 Å². The highest BCUT2D eigenvalue weighted by Crippen LogP contribution is 2.77. The summed E-state index contributed by atoms with van der Waals surface area (Å²) in [6.07, 6.45) is 5.67. The van der Waals surface area contributed by atoms with Crippen LogP contribution in [0.4, 0.5) is 0 Å². The molecule has 5 rings (SSSR count). The quantitative estimate of drug-likeness (QED) is 0.560. The summed E-state index contributed by atoms with van der Waals surface area (Å²) in [6, 6.07) is 0. The molecule has 6 heteroatoms. The fourth-order valence-corrected chi connectivity index (χ4v) is 8.71. The van der Waals surface area contributed by atoms with Gasteiger partial charge in [0.2, 0.25) is 5.78 Å². The minimum absolute atomic E-state index is 0.00150. The number of ketones is 2. The van der Waals surface area contributed by atoms with Crippen LogP contribution in [0.3, 0.4) is 0 Å². The van der Waals surface area contributed by atoms with Gasteiger partial charge < -0.3 is 14.6 Å². The third-order valence-corrected chi connectivity index (χ3v) is 10.3. The van der Waals surface area contributed by atoms with E-state index in [1.54, 1.807) is 0 Å². The van der Waals surface area contributed by atoms with E-state index in [2.05, 4.69) is 13.8 Å². The van der Waals surface area contributed by atoms with E-state index in [1.165, 1.54) is 6.92 Å². The normalized spacial score (nSPS) is 53.8. The van der Waals surface area contributed by atoms with Crippen LogP contribution in [0.5, 0.6) is 0 Å². The van der Waals surface area contributed by atoms with Crippen molar-refractivity contribution in [3.8, 4) is 0 Å². The summed E-state index contributed by atoms with van der Waals surface area (Å²) in [5.41, 5.74) is -2.30. The van der Waals surface area contributed by atoms with Crippen molar-refractivity contribution < 1.29 is 29.0 Å². The highest BCUT2D eigenvalue weighted by molar-refractivity contribution is 5.91. The molecule has 4 aliphatic carbocycles. The highest BCUT2D eigenvalue weighted by Gasteiger charge is 2.82. The first-order valence-electron chi connectivity index (χ1n) is 11.6. The van der Waals surface area contributed by atoms with Gasteiger partial charge in [-0.1, -0.05) is 20.8 Å². The summed E-state index contributed by atoms with van der Waals surface area (Å²) in [6.45, 7) is 7.25. The van der Waals surface area contributed by atoms with Crippen LogP contribution in [0.1, 0.15) is 72.6 Å². The van der Waals surface area contributed by atoms with Crippen molar-refractivity contribution in [2.24, 2.45) is 34.5 Å². The molecule has 0 amide bonds. The Morgan fingerprint density at radius 1 is 1.20 bits per heavy atom. The summed E-state index contributed by atoms with van der Waals surface area (Å²) in [5, 5.41) is 11.8. The van der Waals surface area contributed by atoms with Gasteiger partial charge in [0.1, 0.15) is 17.0 Å². The lowest BCUT2D eigenvalue weighted by atomic mass is 9.44. The van der Waals surface area contributed by atoms with Crippen molar-refractivity contribution >= 4 is 17.5 Å². The van der Waals surface area contributed by atoms with Crippen molar-refractivity contribution in [1.29, 1.82) is 0 Å². The van der Waals surface area contributed by atoms with Gasteiger partial charge in [0.15, 0.2) is 6.61 Å². The van der Waals surface area contributed by atoms with Crippen LogP contribution >= 0.6 is 0 Å². The molecule has 0 aromatic heterocycles. The van der Waals surface area contributed by atoms with E-state index in [4.69, 9.17) is 9.47 Å². The highest BCUT2D eigenvalue weighted by atomic mass is 16.6. The monoisotopic (exact) mass is 418 g/mol. The topological polar surface area (TPSA) is 93.2 Å². The summed E-state index contributed by atoms with van der Waals surface area (Å²) >= 11 is 0. The molecule has 1 saturated heterocycles. The number of aliphatic hydroxyl groups is 1. The third kappa shape index (κ3) is 2.25. The molecule has 30 heavy (non-hydrogen) atoms. The standard InChI is InChI=1S/C24H34O6/c1-13-9-18-17-6-5-15-10-16(26)7-8-21(15,3)24(17)20(30-24)11-22(18,4)23(13,28)19(27)12-29-14(2)25/h13,15,17-18,20,28H,5-12H2,1-4H3/t13-,15+,17-,18+,20+,21+,22+,23+,24-/m1/s1. The number of esters is 1. The number of rotatable bonds is 3. The Balaban J connectivity index is 1.49. The van der Waals surface area contributed by atoms with Gasteiger partial charge >= 0.3 is 5.97 Å². The van der Waals surface area contributed by atoms with Crippen LogP contribution in [0.25, 0.3) is 0 Å². The fourth-order valence-electron chi connectivity index (χ4n) is 8.71. The van der Waals surface area contributed by atoms with Gasteiger partial charge in [-0.15, -0.1) is 0 Å². The molecule has 4 saturated carbocycles. The first-order chi connectivity index (χ1) is 14.0. The van der Waals surface area contributed by atoms with Crippen LogP contribution in [0.15, 0.2) is 0 Å². The van der Waals surface area contributed by atoms with Gasteiger partial charge in [-0.2, -0.15) is 0 Å². The molecule has 6 nitrogen and oxygen atoms in total. The van der Waals surface area contributed by atoms with Crippen molar-refractivity contribution in [1.82, 2.24) is 0 Å². The number of hydrogen-bond acceptors (Lipinski definition) is 6. The minimum Gasteiger partial charge on any atom is -0.458 e. The molecule has 9 atom stereocenters. The number of carbonyl (C=O) groups is 3. The molecule has 1 aliphatic heterocycles. The number of hydrogen-bond donors (Lipinski definition) is 1. The molecule has 0 radical (unpaired) electrons. The molecule has 0 bridgehead atoms. The maximum Gasteiger partial charge on any atom is 0.303 e. The largest absolute Gasteiger partial charge is 0.458 e. The molecule has 0 aromatic carbocycles. The van der Waals surface area contributed by atoms with E-state index >= 15 is 0 Å². The van der Waals surface area contributed by atoms with Crippen LogP contribution < -0.4 is 0 Å². The molecular formula is C24H34O6. The molecular weight excluding hydrogens is 384 g/mol. The van der Waals surface area contributed by atoms with Crippen LogP contribution in [-0.2, 0) is 23.9 Å². The van der Waals surface area contributed by atoms with Crippen molar-refractivity contribution in [3.05, 3.63) is 0 Å². The summed E-state index contributed by atoms with van der Waals surface area (Å²) in [7, 11) is 0. The lowest BCUT2D eigenvalue weighted by Gasteiger charge is -2.58. The molecule has 0 aromatic rings. The predicted octanol–water partition coefficient (Wildman–Crippen LogP) is 2.84. The maximum atomic E-state index is 13.1. The lowest BCUT2D eigenvalue weighted by molar-refractivity contribution is -0.174. The number of ether oxygens (including phenoxy) is 2. The first kappa shape index (κ1) is 20.6. The van der Waals surface area contributed by atoms with E-state index in [9.17, 15) is 19.5 Å². The van der Waals surface area contributed by atoms with Crippen molar-refractivity contribution in [3.63, 3.8) is 0 Å². The summed E-state index contributed by atoms with van der Waals surface area (Å²) in [4.78, 5) is 36.5. The van der Waals surface area contributed by atoms with Gasteiger partial charge in [0.25, 0.3) is 0 Å². The molecule has 166 valence electrons. The second kappa shape index (κ2) is 6.16. The molecule has 1 N–H and O–H groups in total. The van der Waals surface area contributed by atoms with E-state index in [0.29, 0.717) is 36.9 Å². The van der Waals surface area contributed by atoms with Crippen LogP contribution in [0, 0.1) is 34.5 Å². The molecule has 5 aliphatic rings. The van der Waals surface area contributed by atoms with Gasteiger partial charge in [-0.3, -0.25) is 14.4 Å². The number of fused-ring (bicyclic) bond motifs is 3. The third-order valence-electron chi connectivity index (χ3n) is 10.3. The smallest absolute Gasteiger partial charge is 0.303 e. The molecule has 1 spiro atoms. The van der Waals surface area contributed by atoms with E-state index in [-0.39, 0.29) is 41.3 Å². The maximum absolute atomic E-state index is 13.1. The second-order valence-electron chi connectivity index (χ2n) is 11.3. The summed E-state index contributed by atoms with van der Waals surface area (Å²) < 4.78 is 11.5.